The number of nitrogens with zero attached hydrogens (tertiary/aromatic N) is 2. The summed E-state index contributed by atoms with van der Waals surface area (Å²) in [7, 11) is 1.64. The predicted octanol–water partition coefficient (Wildman–Crippen LogP) is 4.29. The molecule has 0 spiro atoms. The third-order valence-electron chi connectivity index (χ3n) is 3.60. The molecule has 1 aromatic heterocycles. The van der Waals surface area contributed by atoms with Crippen LogP contribution in [0, 0.1) is 12.7 Å². The Morgan fingerprint density at radius 2 is 1.80 bits per heavy atom. The van der Waals surface area contributed by atoms with Crippen molar-refractivity contribution in [2.75, 3.05) is 17.7 Å². The number of aryl methyl sites for hydroxylation is 1. The van der Waals surface area contributed by atoms with Gasteiger partial charge in [-0.3, -0.25) is 0 Å². The molecule has 25 heavy (non-hydrogen) atoms. The van der Waals surface area contributed by atoms with Gasteiger partial charge >= 0.3 is 0 Å². The molecule has 0 amide bonds. The summed E-state index contributed by atoms with van der Waals surface area (Å²) in [4.78, 5) is 8.76. The van der Waals surface area contributed by atoms with E-state index in [-0.39, 0.29) is 5.82 Å². The van der Waals surface area contributed by atoms with E-state index >= 15 is 0 Å². The summed E-state index contributed by atoms with van der Waals surface area (Å²) in [5, 5.41) is 6.17. The first kappa shape index (κ1) is 16.7. The molecular weight excluding hydrogens is 319 g/mol. The van der Waals surface area contributed by atoms with Crippen molar-refractivity contribution < 1.29 is 9.13 Å². The highest BCUT2D eigenvalue weighted by Gasteiger charge is 2.06. The second kappa shape index (κ2) is 7.61. The van der Waals surface area contributed by atoms with E-state index in [0.717, 1.165) is 17.0 Å². The van der Waals surface area contributed by atoms with Crippen LogP contribution in [0.3, 0.4) is 0 Å². The number of benzene rings is 2. The van der Waals surface area contributed by atoms with E-state index in [1.807, 2.05) is 31.2 Å². The molecule has 0 fully saturated rings. The van der Waals surface area contributed by atoms with Crippen LogP contribution >= 0.6 is 0 Å². The number of methoxy groups -OCH3 is 1. The molecule has 0 aliphatic rings. The number of ether oxygens (including phenoxy) is 1. The summed E-state index contributed by atoms with van der Waals surface area (Å²) in [5.41, 5.74) is 2.24. The van der Waals surface area contributed by atoms with Crippen molar-refractivity contribution in [1.82, 2.24) is 9.97 Å². The average molecular weight is 338 g/mol. The summed E-state index contributed by atoms with van der Waals surface area (Å²) in [6.07, 6.45) is 0. The van der Waals surface area contributed by atoms with Gasteiger partial charge in [-0.05, 0) is 36.8 Å². The molecule has 5 nitrogen and oxygen atoms in total. The van der Waals surface area contributed by atoms with Gasteiger partial charge in [0.2, 0.25) is 5.95 Å². The second-order valence-corrected chi connectivity index (χ2v) is 5.52. The van der Waals surface area contributed by atoms with Gasteiger partial charge in [-0.25, -0.2) is 9.37 Å². The molecule has 0 saturated heterocycles. The Hall–Kier alpha value is -3.15. The van der Waals surface area contributed by atoms with Crippen LogP contribution in [0.15, 0.2) is 54.6 Å². The van der Waals surface area contributed by atoms with Gasteiger partial charge in [0, 0.05) is 18.3 Å². The normalized spacial score (nSPS) is 10.4. The Morgan fingerprint density at radius 1 is 1.04 bits per heavy atom. The summed E-state index contributed by atoms with van der Waals surface area (Å²) in [6, 6.07) is 16.0. The zero-order chi connectivity index (χ0) is 17.6. The molecule has 0 atom stereocenters. The van der Waals surface area contributed by atoms with Gasteiger partial charge in [-0.15, -0.1) is 0 Å². The van der Waals surface area contributed by atoms with Crippen LogP contribution < -0.4 is 15.4 Å². The first-order valence-corrected chi connectivity index (χ1v) is 7.88. The summed E-state index contributed by atoms with van der Waals surface area (Å²) in [5.74, 6) is 1.50. The first-order chi connectivity index (χ1) is 12.1. The number of aromatic nitrogens is 2. The zero-order valence-corrected chi connectivity index (χ0v) is 14.1. The summed E-state index contributed by atoms with van der Waals surface area (Å²) >= 11 is 0. The van der Waals surface area contributed by atoms with E-state index in [2.05, 4.69) is 20.6 Å². The van der Waals surface area contributed by atoms with Crippen LogP contribution in [0.2, 0.25) is 0 Å². The summed E-state index contributed by atoms with van der Waals surface area (Å²) in [6.45, 7) is 2.44. The Labute approximate surface area is 145 Å². The highest BCUT2D eigenvalue weighted by molar-refractivity contribution is 5.58. The van der Waals surface area contributed by atoms with Crippen molar-refractivity contribution in [3.05, 3.63) is 71.7 Å². The molecule has 3 aromatic rings. The van der Waals surface area contributed by atoms with Gasteiger partial charge in [0.1, 0.15) is 17.4 Å². The fourth-order valence-electron chi connectivity index (χ4n) is 2.34. The van der Waals surface area contributed by atoms with Crippen LogP contribution in [0.25, 0.3) is 0 Å². The van der Waals surface area contributed by atoms with Crippen molar-refractivity contribution >= 4 is 17.5 Å². The lowest BCUT2D eigenvalue weighted by Crippen LogP contribution is -2.06. The maximum absolute atomic E-state index is 13.8. The van der Waals surface area contributed by atoms with Crippen LogP contribution in [0.5, 0.6) is 5.75 Å². The quantitative estimate of drug-likeness (QED) is 0.702. The number of halogens is 1. The fraction of sp³-hybridized carbons (Fsp3) is 0.158. The molecule has 1 heterocycles. The van der Waals surface area contributed by atoms with Crippen molar-refractivity contribution in [3.63, 3.8) is 0 Å². The molecule has 0 bridgehead atoms. The van der Waals surface area contributed by atoms with Gasteiger partial charge in [0.05, 0.1) is 12.8 Å². The summed E-state index contributed by atoms with van der Waals surface area (Å²) < 4.78 is 18.9. The minimum atomic E-state index is -0.327. The fourth-order valence-corrected chi connectivity index (χ4v) is 2.34. The largest absolute Gasteiger partial charge is 0.497 e. The van der Waals surface area contributed by atoms with Crippen molar-refractivity contribution in [2.24, 2.45) is 0 Å². The molecular formula is C19H19FN4O. The third kappa shape index (κ3) is 4.44. The molecule has 0 aliphatic heterocycles. The van der Waals surface area contributed by atoms with Crippen LogP contribution in [0.1, 0.15) is 11.3 Å². The molecule has 6 heteroatoms. The van der Waals surface area contributed by atoms with Crippen LogP contribution in [-0.4, -0.2) is 17.1 Å². The van der Waals surface area contributed by atoms with Crippen molar-refractivity contribution in [2.45, 2.75) is 13.5 Å². The van der Waals surface area contributed by atoms with Crippen LogP contribution in [-0.2, 0) is 6.54 Å². The molecule has 2 aromatic carbocycles. The Bertz CT molecular complexity index is 852. The number of rotatable bonds is 6. The highest BCUT2D eigenvalue weighted by Crippen LogP contribution is 2.20. The number of hydrogen-bond donors (Lipinski definition) is 2. The van der Waals surface area contributed by atoms with Crippen molar-refractivity contribution in [1.29, 1.82) is 0 Å². The molecule has 0 unspecified atom stereocenters. The Kier molecular flexibility index (Phi) is 5.09. The van der Waals surface area contributed by atoms with Gasteiger partial charge in [-0.2, -0.15) is 4.98 Å². The van der Waals surface area contributed by atoms with Gasteiger partial charge in [0.25, 0.3) is 0 Å². The van der Waals surface area contributed by atoms with E-state index < -0.39 is 0 Å². The average Bonchev–Trinajstić information content (AvgIpc) is 2.62. The zero-order valence-electron chi connectivity index (χ0n) is 14.1. The standard InChI is InChI=1S/C19H19FN4O/c1-13-11-18(23-17-6-4-3-5-16(17)20)24-19(22-13)21-12-14-7-9-15(25-2)10-8-14/h3-11H,12H2,1-2H3,(H2,21,22,23,24). The minimum Gasteiger partial charge on any atom is -0.497 e. The topological polar surface area (TPSA) is 59.1 Å². The van der Waals surface area contributed by atoms with E-state index in [0.29, 0.717) is 24.0 Å². The monoisotopic (exact) mass is 338 g/mol. The number of nitrogens with one attached hydrogen (secondary N) is 2. The second-order valence-electron chi connectivity index (χ2n) is 5.52. The maximum Gasteiger partial charge on any atom is 0.225 e. The van der Waals surface area contributed by atoms with E-state index in [1.165, 1.54) is 6.07 Å². The lowest BCUT2D eigenvalue weighted by Gasteiger charge is -2.11. The smallest absolute Gasteiger partial charge is 0.225 e. The SMILES string of the molecule is COc1ccc(CNc2nc(C)cc(Nc3ccccc3F)n2)cc1. The maximum atomic E-state index is 13.8. The van der Waals surface area contributed by atoms with Crippen LogP contribution in [0.4, 0.5) is 21.8 Å². The Balaban J connectivity index is 1.71. The third-order valence-corrected chi connectivity index (χ3v) is 3.60. The lowest BCUT2D eigenvalue weighted by atomic mass is 10.2. The molecule has 128 valence electrons. The number of anilines is 3. The Morgan fingerprint density at radius 3 is 2.52 bits per heavy atom. The van der Waals surface area contributed by atoms with E-state index in [9.17, 15) is 4.39 Å². The minimum absolute atomic E-state index is 0.327. The van der Waals surface area contributed by atoms with Crippen molar-refractivity contribution in [3.8, 4) is 5.75 Å². The van der Waals surface area contributed by atoms with Gasteiger partial charge in [0.15, 0.2) is 0 Å². The van der Waals surface area contributed by atoms with Gasteiger partial charge in [-0.1, -0.05) is 24.3 Å². The molecule has 0 aliphatic carbocycles. The highest BCUT2D eigenvalue weighted by atomic mass is 19.1. The van der Waals surface area contributed by atoms with E-state index in [4.69, 9.17) is 4.74 Å². The predicted molar refractivity (Wildman–Crippen MR) is 96.8 cm³/mol. The molecule has 0 radical (unpaired) electrons. The van der Waals surface area contributed by atoms with E-state index in [1.54, 1.807) is 31.4 Å². The number of hydrogen-bond acceptors (Lipinski definition) is 5. The molecule has 0 saturated carbocycles. The first-order valence-electron chi connectivity index (χ1n) is 7.88. The number of para-hydroxylation sites is 1. The molecule has 2 N–H and O–H groups in total. The lowest BCUT2D eigenvalue weighted by molar-refractivity contribution is 0.414. The van der Waals surface area contributed by atoms with Gasteiger partial charge < -0.3 is 15.4 Å². The molecule has 3 rings (SSSR count).